The highest BCUT2D eigenvalue weighted by molar-refractivity contribution is 7.92. The van der Waals surface area contributed by atoms with Crippen molar-refractivity contribution in [3.05, 3.63) is 88.7 Å². The summed E-state index contributed by atoms with van der Waals surface area (Å²) in [5.41, 5.74) is 4.99. The number of nitrogens with zero attached hydrogens (tertiary/aromatic N) is 2. The van der Waals surface area contributed by atoms with Crippen LogP contribution in [0, 0.1) is 13.8 Å². The third-order valence-electron chi connectivity index (χ3n) is 4.99. The molecule has 1 heterocycles. The molecule has 0 unspecified atom stereocenters. The molecule has 5 nitrogen and oxygen atoms in total. The lowest BCUT2D eigenvalue weighted by Gasteiger charge is -2.14. The van der Waals surface area contributed by atoms with Crippen LogP contribution in [0.4, 0.5) is 5.69 Å². The van der Waals surface area contributed by atoms with Crippen molar-refractivity contribution in [1.29, 1.82) is 0 Å². The molecule has 3 aromatic carbocycles. The van der Waals surface area contributed by atoms with E-state index in [4.69, 9.17) is 11.6 Å². The van der Waals surface area contributed by atoms with Gasteiger partial charge >= 0.3 is 0 Å². The first-order valence-corrected chi connectivity index (χ1v) is 11.0. The molecule has 7 heteroatoms. The average Bonchev–Trinajstić information content (AvgIpc) is 3.09. The largest absolute Gasteiger partial charge is 0.326 e. The summed E-state index contributed by atoms with van der Waals surface area (Å²) in [4.78, 5) is 4.68. The second kappa shape index (κ2) is 7.54. The maximum Gasteiger partial charge on any atom is 0.261 e. The minimum atomic E-state index is -3.77. The third-order valence-corrected chi connectivity index (χ3v) is 6.61. The van der Waals surface area contributed by atoms with Crippen molar-refractivity contribution < 1.29 is 8.42 Å². The molecule has 0 aliphatic heterocycles. The summed E-state index contributed by atoms with van der Waals surface area (Å²) >= 11 is 5.89. The van der Waals surface area contributed by atoms with Crippen molar-refractivity contribution in [3.63, 3.8) is 0 Å². The molecule has 0 aliphatic rings. The molecule has 0 aliphatic carbocycles. The quantitative estimate of drug-likeness (QED) is 0.480. The summed E-state index contributed by atoms with van der Waals surface area (Å²) in [5, 5.41) is 0.484. The van der Waals surface area contributed by atoms with E-state index in [9.17, 15) is 8.42 Å². The SMILES string of the molecule is Cc1cc2c(ncn2Cc2ccccc2)c(NS(=O)(=O)c2ccc(Cl)cc2)c1C. The Balaban J connectivity index is 1.78. The highest BCUT2D eigenvalue weighted by atomic mass is 35.5. The van der Waals surface area contributed by atoms with E-state index in [0.717, 1.165) is 22.2 Å². The van der Waals surface area contributed by atoms with Crippen LogP contribution in [0.15, 0.2) is 71.9 Å². The molecule has 0 saturated carbocycles. The zero-order chi connectivity index (χ0) is 20.6. The smallest absolute Gasteiger partial charge is 0.261 e. The van der Waals surface area contributed by atoms with Gasteiger partial charge in [0.05, 0.1) is 22.4 Å². The van der Waals surface area contributed by atoms with Gasteiger partial charge in [0.2, 0.25) is 0 Å². The molecule has 0 radical (unpaired) electrons. The van der Waals surface area contributed by atoms with Gasteiger partial charge in [0.15, 0.2) is 0 Å². The van der Waals surface area contributed by atoms with E-state index in [2.05, 4.69) is 21.8 Å². The van der Waals surface area contributed by atoms with Crippen LogP contribution < -0.4 is 4.72 Å². The number of anilines is 1. The predicted molar refractivity (Wildman–Crippen MR) is 117 cm³/mol. The van der Waals surface area contributed by atoms with Gasteiger partial charge in [0.1, 0.15) is 5.52 Å². The molecule has 0 amide bonds. The lowest BCUT2D eigenvalue weighted by molar-refractivity contribution is 0.601. The van der Waals surface area contributed by atoms with Crippen LogP contribution in [0.3, 0.4) is 0 Å². The molecule has 0 fully saturated rings. The summed E-state index contributed by atoms with van der Waals surface area (Å²) in [5.74, 6) is 0. The van der Waals surface area contributed by atoms with Gasteiger partial charge in [-0.15, -0.1) is 0 Å². The number of halogens is 1. The van der Waals surface area contributed by atoms with E-state index in [-0.39, 0.29) is 4.90 Å². The maximum atomic E-state index is 12.9. The molecular weight excluding hydrogens is 406 g/mol. The van der Waals surface area contributed by atoms with Crippen molar-refractivity contribution >= 4 is 38.3 Å². The van der Waals surface area contributed by atoms with E-state index in [0.29, 0.717) is 22.8 Å². The van der Waals surface area contributed by atoms with Gasteiger partial charge in [-0.1, -0.05) is 41.9 Å². The second-order valence-electron chi connectivity index (χ2n) is 6.98. The Morgan fingerprint density at radius 3 is 2.41 bits per heavy atom. The number of aromatic nitrogens is 2. The van der Waals surface area contributed by atoms with Crippen LogP contribution in [-0.4, -0.2) is 18.0 Å². The Kier molecular flexibility index (Phi) is 5.06. The Labute approximate surface area is 175 Å². The average molecular weight is 426 g/mol. The summed E-state index contributed by atoms with van der Waals surface area (Å²) < 4.78 is 30.6. The monoisotopic (exact) mass is 425 g/mol. The van der Waals surface area contributed by atoms with Crippen LogP contribution in [0.5, 0.6) is 0 Å². The molecule has 4 rings (SSSR count). The van der Waals surface area contributed by atoms with Crippen molar-refractivity contribution in [1.82, 2.24) is 9.55 Å². The minimum Gasteiger partial charge on any atom is -0.326 e. The van der Waals surface area contributed by atoms with Crippen molar-refractivity contribution in [2.45, 2.75) is 25.3 Å². The summed E-state index contributed by atoms with van der Waals surface area (Å²) in [6, 6.07) is 18.2. The van der Waals surface area contributed by atoms with Crippen LogP contribution in [0.1, 0.15) is 16.7 Å². The maximum absolute atomic E-state index is 12.9. The first-order valence-electron chi connectivity index (χ1n) is 9.12. The van der Waals surface area contributed by atoms with E-state index in [1.165, 1.54) is 12.1 Å². The summed E-state index contributed by atoms with van der Waals surface area (Å²) in [6.07, 6.45) is 1.75. The molecule has 29 heavy (non-hydrogen) atoms. The van der Waals surface area contributed by atoms with E-state index in [1.807, 2.05) is 42.7 Å². The number of benzene rings is 3. The Bertz CT molecular complexity index is 1280. The fourth-order valence-electron chi connectivity index (χ4n) is 3.26. The second-order valence-corrected chi connectivity index (χ2v) is 9.10. The molecule has 148 valence electrons. The lowest BCUT2D eigenvalue weighted by Crippen LogP contribution is -2.14. The standard InChI is InChI=1S/C22H20ClN3O2S/c1-15-12-20-22(24-14-26(20)13-17-6-4-3-5-7-17)21(16(15)2)25-29(27,28)19-10-8-18(23)9-11-19/h3-12,14,25H,13H2,1-2H3. The number of hydrogen-bond acceptors (Lipinski definition) is 3. The third kappa shape index (κ3) is 3.86. The molecule has 1 N–H and O–H groups in total. The van der Waals surface area contributed by atoms with Crippen molar-refractivity contribution in [2.75, 3.05) is 4.72 Å². The van der Waals surface area contributed by atoms with Gasteiger partial charge in [-0.2, -0.15) is 0 Å². The fraction of sp³-hybridized carbons (Fsp3) is 0.136. The van der Waals surface area contributed by atoms with E-state index >= 15 is 0 Å². The normalized spacial score (nSPS) is 11.7. The number of hydrogen-bond donors (Lipinski definition) is 1. The fourth-order valence-corrected chi connectivity index (χ4v) is 4.52. The zero-order valence-electron chi connectivity index (χ0n) is 16.1. The van der Waals surface area contributed by atoms with E-state index < -0.39 is 10.0 Å². The first-order chi connectivity index (χ1) is 13.8. The Morgan fingerprint density at radius 2 is 1.72 bits per heavy atom. The Hall–Kier alpha value is -2.83. The van der Waals surface area contributed by atoms with Crippen LogP contribution in [0.2, 0.25) is 5.02 Å². The lowest BCUT2D eigenvalue weighted by atomic mass is 10.1. The van der Waals surface area contributed by atoms with E-state index in [1.54, 1.807) is 18.5 Å². The molecule has 0 atom stereocenters. The van der Waals surface area contributed by atoms with Crippen molar-refractivity contribution in [2.24, 2.45) is 0 Å². The number of fused-ring (bicyclic) bond motifs is 1. The topological polar surface area (TPSA) is 64.0 Å². The van der Waals surface area contributed by atoms with Gasteiger partial charge in [-0.25, -0.2) is 13.4 Å². The van der Waals surface area contributed by atoms with Gasteiger partial charge in [0.25, 0.3) is 10.0 Å². The highest BCUT2D eigenvalue weighted by Crippen LogP contribution is 2.31. The van der Waals surface area contributed by atoms with Crippen molar-refractivity contribution in [3.8, 4) is 0 Å². The molecule has 4 aromatic rings. The number of imidazole rings is 1. The minimum absolute atomic E-state index is 0.152. The number of sulfonamides is 1. The van der Waals surface area contributed by atoms with Crippen LogP contribution in [-0.2, 0) is 16.6 Å². The molecular formula is C22H20ClN3O2S. The van der Waals surface area contributed by atoms with Gasteiger partial charge in [-0.05, 0) is 60.9 Å². The van der Waals surface area contributed by atoms with Gasteiger partial charge in [0, 0.05) is 11.6 Å². The van der Waals surface area contributed by atoms with Crippen LogP contribution in [0.25, 0.3) is 11.0 Å². The predicted octanol–water partition coefficient (Wildman–Crippen LogP) is 5.16. The molecule has 0 spiro atoms. The summed E-state index contributed by atoms with van der Waals surface area (Å²) in [7, 11) is -3.77. The van der Waals surface area contributed by atoms with Gasteiger partial charge in [-0.3, -0.25) is 4.72 Å². The van der Waals surface area contributed by atoms with Crippen LogP contribution >= 0.6 is 11.6 Å². The number of rotatable bonds is 5. The van der Waals surface area contributed by atoms with Gasteiger partial charge < -0.3 is 4.57 Å². The highest BCUT2D eigenvalue weighted by Gasteiger charge is 2.20. The molecule has 1 aromatic heterocycles. The molecule has 0 saturated heterocycles. The molecule has 0 bridgehead atoms. The first kappa shape index (κ1) is 19.5. The number of aryl methyl sites for hydroxylation is 1. The Morgan fingerprint density at radius 1 is 1.03 bits per heavy atom. The summed E-state index contributed by atoms with van der Waals surface area (Å²) in [6.45, 7) is 4.52. The number of nitrogens with one attached hydrogen (secondary N) is 1. The zero-order valence-corrected chi connectivity index (χ0v) is 17.6.